The lowest BCUT2D eigenvalue weighted by Gasteiger charge is -2.26. The van der Waals surface area contributed by atoms with Crippen molar-refractivity contribution in [3.05, 3.63) is 0 Å². The van der Waals surface area contributed by atoms with Gasteiger partial charge in [0.25, 0.3) is 0 Å². The van der Waals surface area contributed by atoms with Gasteiger partial charge >= 0.3 is 0 Å². The van der Waals surface area contributed by atoms with Crippen molar-refractivity contribution in [3.8, 4) is 0 Å². The molecule has 0 unspecified atom stereocenters. The number of guanidine groups is 1. The Hall–Kier alpha value is -0.860. The Kier molecular flexibility index (Phi) is 9.50. The van der Waals surface area contributed by atoms with Gasteiger partial charge in [0.1, 0.15) is 0 Å². The van der Waals surface area contributed by atoms with Crippen molar-refractivity contribution in [2.75, 3.05) is 59.1 Å². The number of piperidine rings is 1. The molecule has 0 amide bonds. The van der Waals surface area contributed by atoms with Crippen LogP contribution in [0.4, 0.5) is 0 Å². The number of sulfonamides is 1. The number of rotatable bonds is 9. The molecule has 0 saturated carbocycles. The zero-order valence-electron chi connectivity index (χ0n) is 14.8. The molecule has 7 nitrogen and oxygen atoms in total. The van der Waals surface area contributed by atoms with Crippen LogP contribution >= 0.6 is 0 Å². The van der Waals surface area contributed by atoms with Crippen molar-refractivity contribution in [2.45, 2.75) is 32.6 Å². The Morgan fingerprint density at radius 3 is 2.43 bits per heavy atom. The molecule has 136 valence electrons. The van der Waals surface area contributed by atoms with E-state index in [0.29, 0.717) is 13.1 Å². The van der Waals surface area contributed by atoms with Crippen LogP contribution in [0.2, 0.25) is 0 Å². The van der Waals surface area contributed by atoms with E-state index < -0.39 is 10.0 Å². The highest BCUT2D eigenvalue weighted by atomic mass is 32.2. The highest BCUT2D eigenvalue weighted by Gasteiger charge is 2.14. The second-order valence-electron chi connectivity index (χ2n) is 5.90. The van der Waals surface area contributed by atoms with Crippen LogP contribution in [0.5, 0.6) is 0 Å². The third-order valence-corrected chi connectivity index (χ3v) is 6.04. The minimum Gasteiger partial charge on any atom is -0.356 e. The Bertz CT molecular complexity index is 447. The van der Waals surface area contributed by atoms with E-state index in [0.717, 1.165) is 25.5 Å². The first-order chi connectivity index (χ1) is 11.0. The number of nitrogens with zero attached hydrogens (tertiary/aromatic N) is 3. The lowest BCUT2D eigenvalue weighted by Crippen LogP contribution is -2.43. The first-order valence-electron chi connectivity index (χ1n) is 8.60. The molecule has 0 spiro atoms. The molecule has 8 heteroatoms. The zero-order chi connectivity index (χ0) is 17.1. The van der Waals surface area contributed by atoms with E-state index >= 15 is 0 Å². The predicted molar refractivity (Wildman–Crippen MR) is 96.4 cm³/mol. The molecule has 0 aliphatic carbocycles. The molecule has 0 aromatic carbocycles. The summed E-state index contributed by atoms with van der Waals surface area (Å²) in [5, 5.41) is 6.54. The maximum atomic E-state index is 11.6. The van der Waals surface area contributed by atoms with Gasteiger partial charge in [-0.05, 0) is 39.3 Å². The molecular weight excluding hydrogens is 314 g/mol. The van der Waals surface area contributed by atoms with Gasteiger partial charge in [-0.3, -0.25) is 4.99 Å². The molecule has 1 rings (SSSR count). The van der Waals surface area contributed by atoms with Crippen molar-refractivity contribution in [2.24, 2.45) is 4.99 Å². The highest BCUT2D eigenvalue weighted by molar-refractivity contribution is 7.89. The topological polar surface area (TPSA) is 77.0 Å². The SMILES string of the molecule is CCS(=O)(=O)N(C)CCCNC(=NC)NCCN1CCCCC1. The number of hydrogen-bond acceptors (Lipinski definition) is 4. The number of nitrogens with one attached hydrogen (secondary N) is 2. The summed E-state index contributed by atoms with van der Waals surface area (Å²) in [5.74, 6) is 0.930. The number of likely N-dealkylation sites (tertiary alicyclic amines) is 1. The van der Waals surface area contributed by atoms with Crippen LogP contribution in [0.25, 0.3) is 0 Å². The Morgan fingerprint density at radius 2 is 1.83 bits per heavy atom. The molecule has 0 atom stereocenters. The monoisotopic (exact) mass is 347 g/mol. The van der Waals surface area contributed by atoms with E-state index in [2.05, 4.69) is 20.5 Å². The van der Waals surface area contributed by atoms with Crippen LogP contribution in [0.3, 0.4) is 0 Å². The molecule has 0 bridgehead atoms. The lowest BCUT2D eigenvalue weighted by molar-refractivity contribution is 0.232. The summed E-state index contributed by atoms with van der Waals surface area (Å²) in [5.41, 5.74) is 0. The molecule has 0 radical (unpaired) electrons. The minimum absolute atomic E-state index is 0.149. The fourth-order valence-corrected chi connectivity index (χ4v) is 3.45. The van der Waals surface area contributed by atoms with Gasteiger partial charge in [0.15, 0.2) is 5.96 Å². The van der Waals surface area contributed by atoms with Gasteiger partial charge < -0.3 is 15.5 Å². The normalized spacial score (nSPS) is 17.5. The van der Waals surface area contributed by atoms with Crippen molar-refractivity contribution in [1.82, 2.24) is 19.8 Å². The maximum absolute atomic E-state index is 11.6. The van der Waals surface area contributed by atoms with Gasteiger partial charge in [-0.2, -0.15) is 0 Å². The van der Waals surface area contributed by atoms with Gasteiger partial charge in [0, 0.05) is 40.3 Å². The summed E-state index contributed by atoms with van der Waals surface area (Å²) in [7, 11) is 0.306. The van der Waals surface area contributed by atoms with E-state index in [1.807, 2.05) is 0 Å². The first-order valence-corrected chi connectivity index (χ1v) is 10.2. The molecule has 1 saturated heterocycles. The van der Waals surface area contributed by atoms with Gasteiger partial charge in [-0.15, -0.1) is 0 Å². The number of hydrogen-bond donors (Lipinski definition) is 2. The zero-order valence-corrected chi connectivity index (χ0v) is 15.7. The largest absolute Gasteiger partial charge is 0.356 e. The van der Waals surface area contributed by atoms with Crippen molar-refractivity contribution >= 4 is 16.0 Å². The van der Waals surface area contributed by atoms with Crippen molar-refractivity contribution < 1.29 is 8.42 Å². The van der Waals surface area contributed by atoms with Crippen molar-refractivity contribution in [1.29, 1.82) is 0 Å². The second-order valence-corrected chi connectivity index (χ2v) is 8.27. The molecule has 1 fully saturated rings. The fraction of sp³-hybridized carbons (Fsp3) is 0.933. The Balaban J connectivity index is 2.14. The van der Waals surface area contributed by atoms with Gasteiger partial charge in [-0.1, -0.05) is 6.42 Å². The van der Waals surface area contributed by atoms with Crippen LogP contribution in [0, 0.1) is 0 Å². The van der Waals surface area contributed by atoms with Crippen molar-refractivity contribution in [3.63, 3.8) is 0 Å². The summed E-state index contributed by atoms with van der Waals surface area (Å²) >= 11 is 0. The number of aliphatic imine (C=N–C) groups is 1. The standard InChI is InChI=1S/C15H33N5O2S/c1-4-23(21,22)19(3)11-8-9-17-15(16-2)18-10-14-20-12-6-5-7-13-20/h4-14H2,1-3H3,(H2,16,17,18). The molecule has 2 N–H and O–H groups in total. The average molecular weight is 348 g/mol. The van der Waals surface area contributed by atoms with Crippen LogP contribution in [0.1, 0.15) is 32.6 Å². The third-order valence-electron chi connectivity index (χ3n) is 4.17. The Labute approximate surface area is 141 Å². The molecule has 1 aliphatic heterocycles. The summed E-state index contributed by atoms with van der Waals surface area (Å²) in [6.07, 6.45) is 4.72. The van der Waals surface area contributed by atoms with Gasteiger partial charge in [0.05, 0.1) is 5.75 Å². The van der Waals surface area contributed by atoms with E-state index in [1.54, 1.807) is 21.0 Å². The molecule has 23 heavy (non-hydrogen) atoms. The second kappa shape index (κ2) is 10.8. The van der Waals surface area contributed by atoms with E-state index in [1.165, 1.54) is 36.7 Å². The minimum atomic E-state index is -3.08. The third kappa shape index (κ3) is 7.99. The lowest BCUT2D eigenvalue weighted by atomic mass is 10.1. The van der Waals surface area contributed by atoms with E-state index in [-0.39, 0.29) is 5.75 Å². The molecule has 1 aliphatic rings. The summed E-state index contributed by atoms with van der Waals surface area (Å²) in [4.78, 5) is 6.68. The highest BCUT2D eigenvalue weighted by Crippen LogP contribution is 2.07. The summed E-state index contributed by atoms with van der Waals surface area (Å²) < 4.78 is 24.7. The molecule has 0 aromatic heterocycles. The van der Waals surface area contributed by atoms with Crippen LogP contribution < -0.4 is 10.6 Å². The van der Waals surface area contributed by atoms with Gasteiger partial charge in [0.2, 0.25) is 10.0 Å². The first kappa shape index (κ1) is 20.2. The molecule has 1 heterocycles. The quantitative estimate of drug-likeness (QED) is 0.357. The average Bonchev–Trinajstić information content (AvgIpc) is 2.57. The van der Waals surface area contributed by atoms with Gasteiger partial charge in [-0.25, -0.2) is 12.7 Å². The maximum Gasteiger partial charge on any atom is 0.213 e. The van der Waals surface area contributed by atoms with Crippen LogP contribution in [0.15, 0.2) is 4.99 Å². The Morgan fingerprint density at radius 1 is 1.17 bits per heavy atom. The molecular formula is C15H33N5O2S. The van der Waals surface area contributed by atoms with Crippen LogP contribution in [-0.2, 0) is 10.0 Å². The van der Waals surface area contributed by atoms with E-state index in [4.69, 9.17) is 0 Å². The summed E-state index contributed by atoms with van der Waals surface area (Å²) in [6.45, 7) is 7.21. The van der Waals surface area contributed by atoms with E-state index in [9.17, 15) is 8.42 Å². The molecule has 0 aromatic rings. The predicted octanol–water partition coefficient (Wildman–Crippen LogP) is 0.309. The fourth-order valence-electron chi connectivity index (χ4n) is 2.60. The van der Waals surface area contributed by atoms with Crippen LogP contribution in [-0.4, -0.2) is 82.7 Å². The summed E-state index contributed by atoms with van der Waals surface area (Å²) in [6, 6.07) is 0. The smallest absolute Gasteiger partial charge is 0.213 e.